The van der Waals surface area contributed by atoms with Gasteiger partial charge in [-0.2, -0.15) is 0 Å². The Morgan fingerprint density at radius 3 is 3.05 bits per heavy atom. The minimum Gasteiger partial charge on any atom is -0.465 e. The SMILES string of the molecule is Cc1oc(CN2CCOC3CCCC32)cc1CNC1CC1. The summed E-state index contributed by atoms with van der Waals surface area (Å²) in [6, 6.07) is 3.61. The fourth-order valence-electron chi connectivity index (χ4n) is 3.78. The Morgan fingerprint density at radius 2 is 2.19 bits per heavy atom. The molecule has 3 aliphatic rings. The Hall–Kier alpha value is -0.840. The maximum atomic E-state index is 6.00. The number of hydrogen-bond acceptors (Lipinski definition) is 4. The maximum Gasteiger partial charge on any atom is 0.118 e. The molecule has 1 N–H and O–H groups in total. The summed E-state index contributed by atoms with van der Waals surface area (Å²) in [5.74, 6) is 2.20. The van der Waals surface area contributed by atoms with Gasteiger partial charge in [0.1, 0.15) is 11.5 Å². The number of nitrogens with one attached hydrogen (secondary N) is 1. The van der Waals surface area contributed by atoms with Gasteiger partial charge in [0.15, 0.2) is 0 Å². The molecule has 2 atom stereocenters. The van der Waals surface area contributed by atoms with Gasteiger partial charge in [0, 0.05) is 30.7 Å². The zero-order chi connectivity index (χ0) is 14.2. The third-order valence-electron chi connectivity index (χ3n) is 5.19. The second kappa shape index (κ2) is 5.75. The van der Waals surface area contributed by atoms with Crippen LogP contribution in [-0.4, -0.2) is 36.2 Å². The van der Waals surface area contributed by atoms with Gasteiger partial charge in [0.2, 0.25) is 0 Å². The molecule has 1 saturated heterocycles. The summed E-state index contributed by atoms with van der Waals surface area (Å²) in [5, 5.41) is 3.57. The van der Waals surface area contributed by atoms with Crippen LogP contribution >= 0.6 is 0 Å². The molecule has 1 aromatic heterocycles. The van der Waals surface area contributed by atoms with E-state index in [1.807, 2.05) is 0 Å². The van der Waals surface area contributed by atoms with Gasteiger partial charge in [-0.25, -0.2) is 0 Å². The van der Waals surface area contributed by atoms with Crippen LogP contribution in [0.4, 0.5) is 0 Å². The number of aryl methyl sites for hydroxylation is 1. The minimum absolute atomic E-state index is 0.464. The summed E-state index contributed by atoms with van der Waals surface area (Å²) >= 11 is 0. The molecule has 1 aromatic rings. The van der Waals surface area contributed by atoms with Crippen LogP contribution < -0.4 is 5.32 Å². The molecule has 0 aromatic carbocycles. The number of morpholine rings is 1. The molecule has 4 nitrogen and oxygen atoms in total. The fourth-order valence-corrected chi connectivity index (χ4v) is 3.78. The second-order valence-electron chi connectivity index (χ2n) is 6.83. The van der Waals surface area contributed by atoms with E-state index in [4.69, 9.17) is 9.15 Å². The molecule has 0 spiro atoms. The first kappa shape index (κ1) is 13.8. The standard InChI is InChI=1S/C17H26N2O2/c1-12-13(10-18-14-5-6-14)9-15(21-12)11-19-7-8-20-17-4-2-3-16(17)19/h9,14,16-18H,2-8,10-11H2,1H3. The van der Waals surface area contributed by atoms with Crippen molar-refractivity contribution in [2.75, 3.05) is 13.2 Å². The Labute approximate surface area is 126 Å². The molecular weight excluding hydrogens is 264 g/mol. The van der Waals surface area contributed by atoms with Gasteiger partial charge in [-0.15, -0.1) is 0 Å². The average Bonchev–Trinajstić information content (AvgIpc) is 3.05. The van der Waals surface area contributed by atoms with Crippen molar-refractivity contribution in [1.29, 1.82) is 0 Å². The van der Waals surface area contributed by atoms with Gasteiger partial charge < -0.3 is 14.5 Å². The smallest absolute Gasteiger partial charge is 0.118 e. The van der Waals surface area contributed by atoms with Crippen molar-refractivity contribution in [1.82, 2.24) is 10.2 Å². The highest BCUT2D eigenvalue weighted by Gasteiger charge is 2.36. The van der Waals surface area contributed by atoms with E-state index in [2.05, 4.69) is 23.2 Å². The lowest BCUT2D eigenvalue weighted by Crippen LogP contribution is -2.47. The van der Waals surface area contributed by atoms with Crippen molar-refractivity contribution in [2.45, 2.75) is 70.3 Å². The first-order valence-corrected chi connectivity index (χ1v) is 8.47. The van der Waals surface area contributed by atoms with E-state index in [0.29, 0.717) is 12.1 Å². The first-order valence-electron chi connectivity index (χ1n) is 8.47. The van der Waals surface area contributed by atoms with Crippen molar-refractivity contribution < 1.29 is 9.15 Å². The zero-order valence-electron chi connectivity index (χ0n) is 12.9. The van der Waals surface area contributed by atoms with E-state index < -0.39 is 0 Å². The molecule has 4 rings (SSSR count). The van der Waals surface area contributed by atoms with Crippen molar-refractivity contribution in [3.8, 4) is 0 Å². The lowest BCUT2D eigenvalue weighted by Gasteiger charge is -2.37. The number of rotatable bonds is 5. The molecule has 21 heavy (non-hydrogen) atoms. The van der Waals surface area contributed by atoms with E-state index in [0.717, 1.165) is 43.8 Å². The van der Waals surface area contributed by atoms with Crippen molar-refractivity contribution in [3.63, 3.8) is 0 Å². The van der Waals surface area contributed by atoms with Crippen LogP contribution in [0.15, 0.2) is 10.5 Å². The average molecular weight is 290 g/mol. The van der Waals surface area contributed by atoms with Crippen LogP contribution in [0.2, 0.25) is 0 Å². The summed E-state index contributed by atoms with van der Waals surface area (Å²) in [4.78, 5) is 2.57. The number of ether oxygens (including phenoxy) is 1. The van der Waals surface area contributed by atoms with Gasteiger partial charge in [0.05, 0.1) is 19.3 Å². The van der Waals surface area contributed by atoms with Gasteiger partial charge in [-0.1, -0.05) is 0 Å². The molecule has 2 aliphatic carbocycles. The molecular formula is C17H26N2O2. The number of fused-ring (bicyclic) bond motifs is 1. The molecule has 2 unspecified atom stereocenters. The maximum absolute atomic E-state index is 6.00. The van der Waals surface area contributed by atoms with Crippen LogP contribution in [0.5, 0.6) is 0 Å². The van der Waals surface area contributed by atoms with Gasteiger partial charge in [-0.3, -0.25) is 4.90 Å². The minimum atomic E-state index is 0.464. The van der Waals surface area contributed by atoms with Crippen LogP contribution in [-0.2, 0) is 17.8 Å². The van der Waals surface area contributed by atoms with Crippen LogP contribution in [0.25, 0.3) is 0 Å². The molecule has 2 heterocycles. The Kier molecular flexibility index (Phi) is 3.78. The highest BCUT2D eigenvalue weighted by atomic mass is 16.5. The summed E-state index contributed by atoms with van der Waals surface area (Å²) in [7, 11) is 0. The molecule has 2 saturated carbocycles. The van der Waals surface area contributed by atoms with Crippen molar-refractivity contribution in [2.24, 2.45) is 0 Å². The number of furan rings is 1. The largest absolute Gasteiger partial charge is 0.465 e. The molecule has 0 bridgehead atoms. The van der Waals surface area contributed by atoms with Gasteiger partial charge >= 0.3 is 0 Å². The predicted molar refractivity (Wildman–Crippen MR) is 81.1 cm³/mol. The predicted octanol–water partition coefficient (Wildman–Crippen LogP) is 2.59. The zero-order valence-corrected chi connectivity index (χ0v) is 12.9. The summed E-state index contributed by atoms with van der Waals surface area (Å²) in [5.41, 5.74) is 1.33. The highest BCUT2D eigenvalue weighted by molar-refractivity contribution is 5.21. The number of hydrogen-bond donors (Lipinski definition) is 1. The Bertz CT molecular complexity index is 495. The van der Waals surface area contributed by atoms with E-state index in [9.17, 15) is 0 Å². The van der Waals surface area contributed by atoms with Crippen LogP contribution in [0, 0.1) is 6.92 Å². The summed E-state index contributed by atoms with van der Waals surface area (Å²) in [6.45, 7) is 5.89. The first-order chi connectivity index (χ1) is 10.3. The fraction of sp³-hybridized carbons (Fsp3) is 0.765. The van der Waals surface area contributed by atoms with Crippen LogP contribution in [0.3, 0.4) is 0 Å². The lowest BCUT2D eigenvalue weighted by atomic mass is 10.1. The topological polar surface area (TPSA) is 37.6 Å². The Balaban J connectivity index is 1.40. The molecule has 116 valence electrons. The van der Waals surface area contributed by atoms with E-state index in [1.165, 1.54) is 37.7 Å². The number of nitrogens with zero attached hydrogens (tertiary/aromatic N) is 1. The molecule has 4 heteroatoms. The molecule has 3 fully saturated rings. The van der Waals surface area contributed by atoms with Crippen LogP contribution in [0.1, 0.15) is 49.2 Å². The van der Waals surface area contributed by atoms with E-state index in [-0.39, 0.29) is 0 Å². The quantitative estimate of drug-likeness (QED) is 0.904. The monoisotopic (exact) mass is 290 g/mol. The summed E-state index contributed by atoms with van der Waals surface area (Å²) in [6.07, 6.45) is 6.95. The second-order valence-corrected chi connectivity index (χ2v) is 6.83. The van der Waals surface area contributed by atoms with Crippen molar-refractivity contribution in [3.05, 3.63) is 23.2 Å². The van der Waals surface area contributed by atoms with Crippen molar-refractivity contribution >= 4 is 0 Å². The molecule has 1 aliphatic heterocycles. The van der Waals surface area contributed by atoms with E-state index >= 15 is 0 Å². The third kappa shape index (κ3) is 3.03. The normalized spacial score (nSPS) is 29.8. The third-order valence-corrected chi connectivity index (χ3v) is 5.19. The molecule has 0 radical (unpaired) electrons. The summed E-state index contributed by atoms with van der Waals surface area (Å²) < 4.78 is 11.9. The van der Waals surface area contributed by atoms with E-state index in [1.54, 1.807) is 0 Å². The Morgan fingerprint density at radius 1 is 1.29 bits per heavy atom. The van der Waals surface area contributed by atoms with Gasteiger partial charge in [0.25, 0.3) is 0 Å². The highest BCUT2D eigenvalue weighted by Crippen LogP contribution is 2.31. The lowest BCUT2D eigenvalue weighted by molar-refractivity contribution is -0.0606. The molecule has 0 amide bonds. The van der Waals surface area contributed by atoms with Gasteiger partial charge in [-0.05, 0) is 45.1 Å².